The molecule has 0 saturated heterocycles. The van der Waals surface area contributed by atoms with Gasteiger partial charge in [0.25, 0.3) is 0 Å². The van der Waals surface area contributed by atoms with Gasteiger partial charge in [0.2, 0.25) is 5.95 Å². The van der Waals surface area contributed by atoms with E-state index in [2.05, 4.69) is 69.0 Å². The first kappa shape index (κ1) is 21.5. The molecule has 1 aromatic rings. The summed E-state index contributed by atoms with van der Waals surface area (Å²) in [5.74, 6) is 1.57. The van der Waals surface area contributed by atoms with Gasteiger partial charge >= 0.3 is 0 Å². The van der Waals surface area contributed by atoms with Gasteiger partial charge in [-0.05, 0) is 50.5 Å². The third kappa shape index (κ3) is 4.53. The first-order chi connectivity index (χ1) is 13.8. The van der Waals surface area contributed by atoms with E-state index >= 15 is 0 Å². The average Bonchev–Trinajstić information content (AvgIpc) is 3.12. The fourth-order valence-electron chi connectivity index (χ4n) is 3.25. The lowest BCUT2D eigenvalue weighted by molar-refractivity contribution is 0.271. The highest BCUT2D eigenvalue weighted by Crippen LogP contribution is 2.38. The van der Waals surface area contributed by atoms with Crippen LogP contribution in [0.25, 0.3) is 11.4 Å². The maximum Gasteiger partial charge on any atom is 0.205 e. The topological polar surface area (TPSA) is 87.9 Å². The highest BCUT2D eigenvalue weighted by Gasteiger charge is 2.28. The molecule has 29 heavy (non-hydrogen) atoms. The summed E-state index contributed by atoms with van der Waals surface area (Å²) in [5, 5.41) is 25.5. The molecule has 0 spiro atoms. The third-order valence-corrected chi connectivity index (χ3v) is 5.38. The molecule has 3 rings (SSSR count). The van der Waals surface area contributed by atoms with Crippen molar-refractivity contribution >= 4 is 33.4 Å². The first-order valence-corrected chi connectivity index (χ1v) is 10.8. The Balaban J connectivity index is 2.18. The lowest BCUT2D eigenvalue weighted by Crippen LogP contribution is -2.27. The lowest BCUT2D eigenvalue weighted by atomic mass is 10.1. The summed E-state index contributed by atoms with van der Waals surface area (Å²) >= 11 is 3.47. The van der Waals surface area contributed by atoms with Gasteiger partial charge in [-0.1, -0.05) is 36.7 Å². The fourth-order valence-corrected chi connectivity index (χ4v) is 3.51. The van der Waals surface area contributed by atoms with E-state index in [1.54, 1.807) is 0 Å². The number of benzene rings is 1. The van der Waals surface area contributed by atoms with Crippen molar-refractivity contribution < 1.29 is 5.11 Å². The van der Waals surface area contributed by atoms with Gasteiger partial charge in [0.05, 0.1) is 24.0 Å². The summed E-state index contributed by atoms with van der Waals surface area (Å²) in [5.41, 5.74) is 3.57. The quantitative estimate of drug-likeness (QED) is 0.429. The van der Waals surface area contributed by atoms with Crippen molar-refractivity contribution in [1.82, 2.24) is 19.7 Å². The number of nitrogens with one attached hydrogen (secondary N) is 2. The van der Waals surface area contributed by atoms with Crippen LogP contribution < -0.4 is 10.6 Å². The molecule has 156 valence electrons. The number of hydrogen-bond donors (Lipinski definition) is 3. The molecule has 2 heterocycles. The standard InChI is InChI=1S/C21H29BrN6O/c1-6-15(11-29)24-21-25-20(23-16-9-7-14(22)8-10-16)18-19(28(21)13(4)5)17(12(2)3)26-27-18/h7-10,12-13,15,23,29H,6,11H2,1-5H3,(H,24,25). The Labute approximate surface area is 180 Å². The number of nitrogens with zero attached hydrogens (tertiary/aromatic N) is 4. The van der Waals surface area contributed by atoms with E-state index in [9.17, 15) is 5.11 Å². The van der Waals surface area contributed by atoms with Crippen molar-refractivity contribution in [3.8, 4) is 11.4 Å². The molecule has 1 atom stereocenters. The van der Waals surface area contributed by atoms with Gasteiger partial charge in [-0.15, -0.1) is 5.10 Å². The fraction of sp³-hybridized carbons (Fsp3) is 0.476. The molecule has 0 amide bonds. The highest BCUT2D eigenvalue weighted by atomic mass is 79.9. The van der Waals surface area contributed by atoms with Gasteiger partial charge in [-0.2, -0.15) is 10.1 Å². The van der Waals surface area contributed by atoms with Crippen LogP contribution in [0.1, 0.15) is 58.7 Å². The minimum Gasteiger partial charge on any atom is -0.394 e. The SMILES string of the molecule is CCC(CO)Nc1nc(Nc2ccc(Br)cc2)c2nnc(C(C)C)c-2n1C(C)C. The van der Waals surface area contributed by atoms with Crippen LogP contribution in [0.5, 0.6) is 0 Å². The summed E-state index contributed by atoms with van der Waals surface area (Å²) in [7, 11) is 0. The number of halogens is 1. The predicted molar refractivity (Wildman–Crippen MR) is 121 cm³/mol. The summed E-state index contributed by atoms with van der Waals surface area (Å²) in [6, 6.07) is 7.99. The van der Waals surface area contributed by atoms with Crippen LogP contribution in [0, 0.1) is 0 Å². The number of aliphatic hydroxyl groups is 1. The van der Waals surface area contributed by atoms with E-state index < -0.39 is 0 Å². The minimum absolute atomic E-state index is 0.0400. The van der Waals surface area contributed by atoms with Crippen LogP contribution in [-0.4, -0.2) is 37.5 Å². The molecule has 0 aromatic heterocycles. The van der Waals surface area contributed by atoms with Gasteiger partial charge in [0, 0.05) is 16.2 Å². The van der Waals surface area contributed by atoms with Crippen LogP contribution in [0.3, 0.4) is 0 Å². The van der Waals surface area contributed by atoms with Crippen LogP contribution >= 0.6 is 15.9 Å². The number of fused-ring (bicyclic) bond motifs is 1. The Morgan fingerprint density at radius 2 is 1.79 bits per heavy atom. The minimum atomic E-state index is -0.0798. The maximum absolute atomic E-state index is 9.72. The summed E-state index contributed by atoms with van der Waals surface area (Å²) in [4.78, 5) is 4.86. The Morgan fingerprint density at radius 1 is 1.10 bits per heavy atom. The largest absolute Gasteiger partial charge is 0.394 e. The van der Waals surface area contributed by atoms with Gasteiger partial charge in [0.1, 0.15) is 0 Å². The molecule has 0 saturated carbocycles. The smallest absolute Gasteiger partial charge is 0.205 e. The Bertz CT molecular complexity index is 918. The van der Waals surface area contributed by atoms with E-state index in [1.165, 1.54) is 0 Å². The average molecular weight is 461 g/mol. The second-order valence-electron chi connectivity index (χ2n) is 7.75. The van der Waals surface area contributed by atoms with Crippen molar-refractivity contribution in [3.05, 3.63) is 34.4 Å². The Kier molecular flexibility index (Phi) is 6.74. The van der Waals surface area contributed by atoms with Gasteiger partial charge in [-0.25, -0.2) is 0 Å². The second-order valence-corrected chi connectivity index (χ2v) is 8.66. The van der Waals surface area contributed by atoms with Gasteiger partial charge in [0.15, 0.2) is 11.5 Å². The molecule has 0 aliphatic carbocycles. The predicted octanol–water partition coefficient (Wildman–Crippen LogP) is 5.17. The molecule has 2 aliphatic heterocycles. The van der Waals surface area contributed by atoms with E-state index in [0.29, 0.717) is 11.8 Å². The van der Waals surface area contributed by atoms with Crippen LogP contribution in [0.4, 0.5) is 17.5 Å². The van der Waals surface area contributed by atoms with Crippen LogP contribution in [0.15, 0.2) is 28.7 Å². The molecule has 0 bridgehead atoms. The number of hydrogen-bond acceptors (Lipinski definition) is 6. The summed E-state index contributed by atoms with van der Waals surface area (Å²) in [6.45, 7) is 10.5. The van der Waals surface area contributed by atoms with Crippen LogP contribution in [0.2, 0.25) is 0 Å². The summed E-state index contributed by atoms with van der Waals surface area (Å²) in [6.07, 6.45) is 0.790. The van der Waals surface area contributed by atoms with E-state index in [4.69, 9.17) is 4.98 Å². The Hall–Kier alpha value is -2.19. The van der Waals surface area contributed by atoms with E-state index in [-0.39, 0.29) is 24.6 Å². The zero-order valence-corrected chi connectivity index (χ0v) is 19.2. The van der Waals surface area contributed by atoms with Crippen molar-refractivity contribution in [1.29, 1.82) is 0 Å². The lowest BCUT2D eigenvalue weighted by Gasteiger charge is -2.26. The number of rotatable bonds is 8. The Morgan fingerprint density at radius 3 is 2.34 bits per heavy atom. The second kappa shape index (κ2) is 9.09. The van der Waals surface area contributed by atoms with Crippen molar-refractivity contribution in [3.63, 3.8) is 0 Å². The normalized spacial score (nSPS) is 12.7. The molecular formula is C21H29BrN6O. The molecule has 0 radical (unpaired) electrons. The molecule has 2 aliphatic rings. The third-order valence-electron chi connectivity index (χ3n) is 4.85. The highest BCUT2D eigenvalue weighted by molar-refractivity contribution is 9.10. The van der Waals surface area contributed by atoms with E-state index in [1.807, 2.05) is 31.2 Å². The summed E-state index contributed by atoms with van der Waals surface area (Å²) < 4.78 is 3.15. The molecule has 1 aromatic carbocycles. The zero-order chi connectivity index (χ0) is 21.1. The molecular weight excluding hydrogens is 432 g/mol. The number of anilines is 3. The van der Waals surface area contributed by atoms with Crippen LogP contribution in [-0.2, 0) is 0 Å². The van der Waals surface area contributed by atoms with Gasteiger partial charge < -0.3 is 20.3 Å². The monoisotopic (exact) mass is 460 g/mol. The van der Waals surface area contributed by atoms with Gasteiger partial charge in [-0.3, -0.25) is 0 Å². The number of aliphatic hydroxyl groups excluding tert-OH is 1. The molecule has 8 heteroatoms. The zero-order valence-electron chi connectivity index (χ0n) is 17.6. The molecule has 3 N–H and O–H groups in total. The van der Waals surface area contributed by atoms with E-state index in [0.717, 1.165) is 33.7 Å². The number of aromatic nitrogens is 4. The van der Waals surface area contributed by atoms with Crippen molar-refractivity contribution in [2.75, 3.05) is 17.2 Å². The molecule has 1 unspecified atom stereocenters. The molecule has 0 fully saturated rings. The van der Waals surface area contributed by atoms with Crippen molar-refractivity contribution in [2.45, 2.75) is 59.0 Å². The first-order valence-electron chi connectivity index (χ1n) is 10.0. The maximum atomic E-state index is 9.72. The molecule has 7 nitrogen and oxygen atoms in total. The van der Waals surface area contributed by atoms with Crippen molar-refractivity contribution in [2.24, 2.45) is 0 Å².